The maximum absolute atomic E-state index is 12.6. The van der Waals surface area contributed by atoms with Crippen molar-refractivity contribution in [2.45, 2.75) is 39.3 Å². The maximum atomic E-state index is 12.6. The minimum absolute atomic E-state index is 0. The summed E-state index contributed by atoms with van der Waals surface area (Å²) in [5, 5.41) is 6.56. The molecule has 0 unspecified atom stereocenters. The number of hydrogen-bond acceptors (Lipinski definition) is 4. The van der Waals surface area contributed by atoms with Gasteiger partial charge in [0.25, 0.3) is 5.91 Å². The van der Waals surface area contributed by atoms with E-state index < -0.39 is 0 Å². The smallest absolute Gasteiger partial charge is 0.253 e. The van der Waals surface area contributed by atoms with Crippen LogP contribution in [0.4, 0.5) is 0 Å². The Morgan fingerprint density at radius 1 is 1.00 bits per heavy atom. The van der Waals surface area contributed by atoms with Gasteiger partial charge in [0.1, 0.15) is 6.26 Å². The van der Waals surface area contributed by atoms with Gasteiger partial charge in [-0.15, -0.1) is 24.0 Å². The Balaban J connectivity index is 0.00000324. The SMILES string of the molecule is CN=C(NCc1ccc(C(=O)N2CCCCC2)cc1)NCc1coc(-c2ccc(C)cc2)n1.I. The van der Waals surface area contributed by atoms with E-state index >= 15 is 0 Å². The number of halogens is 1. The van der Waals surface area contributed by atoms with Crippen LogP contribution < -0.4 is 10.6 Å². The lowest BCUT2D eigenvalue weighted by molar-refractivity contribution is 0.0724. The number of piperidine rings is 1. The van der Waals surface area contributed by atoms with Crippen LogP contribution in [0, 0.1) is 6.92 Å². The van der Waals surface area contributed by atoms with Gasteiger partial charge >= 0.3 is 0 Å². The fourth-order valence-corrected chi connectivity index (χ4v) is 3.84. The molecule has 0 atom stereocenters. The number of guanidine groups is 1. The highest BCUT2D eigenvalue weighted by Crippen LogP contribution is 2.19. The quantitative estimate of drug-likeness (QED) is 0.253. The van der Waals surface area contributed by atoms with Crippen molar-refractivity contribution >= 4 is 35.8 Å². The van der Waals surface area contributed by atoms with Gasteiger partial charge in [0.05, 0.1) is 12.2 Å². The zero-order valence-electron chi connectivity index (χ0n) is 19.7. The van der Waals surface area contributed by atoms with E-state index in [1.54, 1.807) is 13.3 Å². The molecule has 2 aromatic carbocycles. The van der Waals surface area contributed by atoms with Crippen molar-refractivity contribution < 1.29 is 9.21 Å². The second-order valence-electron chi connectivity index (χ2n) is 8.34. The number of aromatic nitrogens is 1. The molecule has 0 spiro atoms. The van der Waals surface area contributed by atoms with E-state index in [-0.39, 0.29) is 29.9 Å². The number of carbonyl (C=O) groups is 1. The Morgan fingerprint density at radius 2 is 1.68 bits per heavy atom. The average molecular weight is 573 g/mol. The van der Waals surface area contributed by atoms with E-state index in [0.29, 0.717) is 24.9 Å². The van der Waals surface area contributed by atoms with Crippen molar-refractivity contribution in [1.29, 1.82) is 0 Å². The first-order valence-corrected chi connectivity index (χ1v) is 11.5. The molecular weight excluding hydrogens is 541 g/mol. The number of oxazole rings is 1. The van der Waals surface area contributed by atoms with E-state index in [2.05, 4.69) is 27.5 Å². The Bertz CT molecular complexity index is 1090. The molecule has 0 bridgehead atoms. The molecule has 7 nitrogen and oxygen atoms in total. The Hall–Kier alpha value is -2.88. The van der Waals surface area contributed by atoms with Crippen LogP contribution in [0.5, 0.6) is 0 Å². The molecule has 8 heteroatoms. The number of aryl methyl sites for hydroxylation is 1. The normalized spacial score (nSPS) is 13.8. The van der Waals surface area contributed by atoms with E-state index in [9.17, 15) is 4.79 Å². The van der Waals surface area contributed by atoms with Crippen molar-refractivity contribution in [2.75, 3.05) is 20.1 Å². The number of likely N-dealkylation sites (tertiary alicyclic amines) is 1. The molecule has 180 valence electrons. The van der Waals surface area contributed by atoms with Crippen molar-refractivity contribution in [3.05, 3.63) is 77.2 Å². The summed E-state index contributed by atoms with van der Waals surface area (Å²) in [5.41, 5.74) is 4.78. The van der Waals surface area contributed by atoms with Gasteiger partial charge < -0.3 is 20.0 Å². The van der Waals surface area contributed by atoms with E-state index in [4.69, 9.17) is 4.42 Å². The highest BCUT2D eigenvalue weighted by atomic mass is 127. The van der Waals surface area contributed by atoms with Crippen LogP contribution >= 0.6 is 24.0 Å². The first-order chi connectivity index (χ1) is 16.1. The third-order valence-corrected chi connectivity index (χ3v) is 5.81. The largest absolute Gasteiger partial charge is 0.444 e. The van der Waals surface area contributed by atoms with Crippen LogP contribution in [0.3, 0.4) is 0 Å². The molecule has 0 saturated carbocycles. The van der Waals surface area contributed by atoms with Crippen LogP contribution in [0.25, 0.3) is 11.5 Å². The molecule has 4 rings (SSSR count). The highest BCUT2D eigenvalue weighted by molar-refractivity contribution is 14.0. The number of benzene rings is 2. The van der Waals surface area contributed by atoms with Crippen LogP contribution in [-0.4, -0.2) is 41.9 Å². The van der Waals surface area contributed by atoms with Crippen LogP contribution in [-0.2, 0) is 13.1 Å². The number of aliphatic imine (C=N–C) groups is 1. The first kappa shape index (κ1) is 25.7. The Kier molecular flexibility index (Phi) is 9.50. The zero-order chi connectivity index (χ0) is 23.0. The zero-order valence-corrected chi connectivity index (χ0v) is 22.0. The van der Waals surface area contributed by atoms with Gasteiger partial charge in [0.2, 0.25) is 5.89 Å². The average Bonchev–Trinajstić information content (AvgIpc) is 3.34. The molecule has 2 N–H and O–H groups in total. The summed E-state index contributed by atoms with van der Waals surface area (Å²) >= 11 is 0. The predicted octanol–water partition coefficient (Wildman–Crippen LogP) is 4.76. The molecule has 0 radical (unpaired) electrons. The molecule has 2 heterocycles. The van der Waals surface area contributed by atoms with Gasteiger partial charge in [0.15, 0.2) is 5.96 Å². The molecule has 1 saturated heterocycles. The molecule has 1 fully saturated rings. The molecule has 3 aromatic rings. The Labute approximate surface area is 218 Å². The summed E-state index contributed by atoms with van der Waals surface area (Å²) in [6, 6.07) is 15.9. The van der Waals surface area contributed by atoms with Crippen LogP contribution in [0.1, 0.15) is 46.4 Å². The molecule has 1 aromatic heterocycles. The lowest BCUT2D eigenvalue weighted by Crippen LogP contribution is -2.36. The van der Waals surface area contributed by atoms with Gasteiger partial charge in [0, 0.05) is 37.8 Å². The number of amides is 1. The van der Waals surface area contributed by atoms with Gasteiger partial charge in [-0.3, -0.25) is 9.79 Å². The number of nitrogens with one attached hydrogen (secondary N) is 2. The van der Waals surface area contributed by atoms with E-state index in [0.717, 1.165) is 48.3 Å². The maximum Gasteiger partial charge on any atom is 0.253 e. The number of carbonyl (C=O) groups excluding carboxylic acids is 1. The minimum Gasteiger partial charge on any atom is -0.444 e. The predicted molar refractivity (Wildman–Crippen MR) is 145 cm³/mol. The van der Waals surface area contributed by atoms with Crippen LogP contribution in [0.15, 0.2) is 64.2 Å². The highest BCUT2D eigenvalue weighted by Gasteiger charge is 2.17. The second kappa shape index (κ2) is 12.5. The molecule has 1 aliphatic heterocycles. The fraction of sp³-hybridized carbons (Fsp3) is 0.346. The minimum atomic E-state index is 0. The third kappa shape index (κ3) is 6.82. The lowest BCUT2D eigenvalue weighted by atomic mass is 10.1. The summed E-state index contributed by atoms with van der Waals surface area (Å²) in [6.07, 6.45) is 5.07. The molecule has 1 aliphatic rings. The van der Waals surface area contributed by atoms with Gasteiger partial charge in [-0.25, -0.2) is 4.98 Å². The first-order valence-electron chi connectivity index (χ1n) is 11.5. The second-order valence-corrected chi connectivity index (χ2v) is 8.34. The lowest BCUT2D eigenvalue weighted by Gasteiger charge is -2.26. The topological polar surface area (TPSA) is 82.8 Å². The van der Waals surface area contributed by atoms with Crippen molar-refractivity contribution in [2.24, 2.45) is 4.99 Å². The van der Waals surface area contributed by atoms with Crippen molar-refractivity contribution in [1.82, 2.24) is 20.5 Å². The Morgan fingerprint density at radius 3 is 2.35 bits per heavy atom. The molecule has 1 amide bonds. The van der Waals surface area contributed by atoms with Crippen molar-refractivity contribution in [3.8, 4) is 11.5 Å². The fourth-order valence-electron chi connectivity index (χ4n) is 3.84. The van der Waals surface area contributed by atoms with Gasteiger partial charge in [-0.05, 0) is 56.0 Å². The van der Waals surface area contributed by atoms with Crippen molar-refractivity contribution in [3.63, 3.8) is 0 Å². The molecular formula is C26H32IN5O2. The molecule has 0 aliphatic carbocycles. The van der Waals surface area contributed by atoms with E-state index in [1.807, 2.05) is 53.4 Å². The third-order valence-electron chi connectivity index (χ3n) is 5.81. The number of rotatable bonds is 6. The molecule has 34 heavy (non-hydrogen) atoms. The summed E-state index contributed by atoms with van der Waals surface area (Å²) in [4.78, 5) is 23.4. The van der Waals surface area contributed by atoms with Crippen LogP contribution in [0.2, 0.25) is 0 Å². The summed E-state index contributed by atoms with van der Waals surface area (Å²) in [5.74, 6) is 1.40. The summed E-state index contributed by atoms with van der Waals surface area (Å²) in [7, 11) is 1.73. The summed E-state index contributed by atoms with van der Waals surface area (Å²) in [6.45, 7) is 4.88. The number of nitrogens with zero attached hydrogens (tertiary/aromatic N) is 3. The van der Waals surface area contributed by atoms with Gasteiger partial charge in [-0.2, -0.15) is 0 Å². The van der Waals surface area contributed by atoms with Gasteiger partial charge in [-0.1, -0.05) is 29.8 Å². The van der Waals surface area contributed by atoms with E-state index in [1.165, 1.54) is 12.0 Å². The monoisotopic (exact) mass is 573 g/mol. The standard InChI is InChI=1S/C26H31N5O2.HI/c1-19-6-10-21(11-7-19)24-30-23(18-33-24)17-29-26(27-2)28-16-20-8-12-22(13-9-20)25(32)31-14-4-3-5-15-31;/h6-13,18H,3-5,14-17H2,1-2H3,(H2,27,28,29);1H. The summed E-state index contributed by atoms with van der Waals surface area (Å²) < 4.78 is 5.62. The number of hydrogen-bond donors (Lipinski definition) is 2.